The van der Waals surface area contributed by atoms with E-state index in [-0.39, 0.29) is 5.41 Å². The van der Waals surface area contributed by atoms with Crippen LogP contribution in [-0.2, 0) is 9.47 Å². The summed E-state index contributed by atoms with van der Waals surface area (Å²) in [5.74, 6) is 6.20. The summed E-state index contributed by atoms with van der Waals surface area (Å²) in [6.07, 6.45) is 11.4. The van der Waals surface area contributed by atoms with Crippen LogP contribution in [0.1, 0.15) is 60.3 Å². The van der Waals surface area contributed by atoms with Gasteiger partial charge in [0.25, 0.3) is 0 Å². The summed E-state index contributed by atoms with van der Waals surface area (Å²) in [5, 5.41) is 10.7. The maximum atomic E-state index is 10.7. The monoisotopic (exact) mass is 344 g/mol. The van der Waals surface area contributed by atoms with Crippen LogP contribution in [0.4, 0.5) is 0 Å². The van der Waals surface area contributed by atoms with Gasteiger partial charge in [0.15, 0.2) is 0 Å². The van der Waals surface area contributed by atoms with Gasteiger partial charge in [-0.2, -0.15) is 0 Å². The first-order chi connectivity index (χ1) is 11.6. The summed E-state index contributed by atoms with van der Waals surface area (Å²) in [7, 11) is 0. The number of hydrogen-bond acceptors (Lipinski definition) is 3. The summed E-state index contributed by atoms with van der Waals surface area (Å²) in [6, 6.07) is 0. The molecule has 1 N–H and O–H groups in total. The number of rotatable bonds is 3. The Kier molecular flexibility index (Phi) is 6.19. The van der Waals surface area contributed by atoms with Crippen LogP contribution in [0.3, 0.4) is 0 Å². The third kappa shape index (κ3) is 5.76. The molecule has 3 nitrogen and oxygen atoms in total. The molecule has 2 rings (SSSR count). The molecule has 0 aromatic heterocycles. The predicted molar refractivity (Wildman–Crippen MR) is 102 cm³/mol. The number of ether oxygens (including phenoxy) is 2. The first kappa shape index (κ1) is 19.8. The highest BCUT2D eigenvalue weighted by atomic mass is 16.5. The van der Waals surface area contributed by atoms with E-state index < -0.39 is 11.2 Å². The van der Waals surface area contributed by atoms with Gasteiger partial charge in [-0.25, -0.2) is 0 Å². The van der Waals surface area contributed by atoms with E-state index >= 15 is 0 Å². The van der Waals surface area contributed by atoms with Gasteiger partial charge in [-0.15, -0.1) is 0 Å². The molecular formula is C22H32O3. The zero-order valence-electron chi connectivity index (χ0n) is 16.3. The lowest BCUT2D eigenvalue weighted by molar-refractivity contribution is 0.0352. The summed E-state index contributed by atoms with van der Waals surface area (Å²) in [4.78, 5) is 0. The van der Waals surface area contributed by atoms with Crippen LogP contribution in [0.5, 0.6) is 0 Å². The molecule has 0 unspecified atom stereocenters. The first-order valence-electron chi connectivity index (χ1n) is 9.19. The molecule has 25 heavy (non-hydrogen) atoms. The van der Waals surface area contributed by atoms with Gasteiger partial charge in [-0.1, -0.05) is 43.4 Å². The Labute approximate surface area is 152 Å². The minimum atomic E-state index is -0.963. The predicted octanol–water partition coefficient (Wildman–Crippen LogP) is 4.53. The van der Waals surface area contributed by atoms with Gasteiger partial charge in [0.2, 0.25) is 0 Å². The second-order valence-corrected chi connectivity index (χ2v) is 8.23. The molecule has 2 atom stereocenters. The van der Waals surface area contributed by atoms with Gasteiger partial charge in [-0.05, 0) is 57.1 Å². The number of hydrogen-bond donors (Lipinski definition) is 1. The smallest absolute Gasteiger partial charge is 0.147 e. The molecular weight excluding hydrogens is 312 g/mol. The molecule has 0 aromatic carbocycles. The fourth-order valence-electron chi connectivity index (χ4n) is 3.40. The quantitative estimate of drug-likeness (QED) is 0.764. The molecule has 0 saturated carbocycles. The zero-order chi connectivity index (χ0) is 18.6. The molecule has 0 bridgehead atoms. The Morgan fingerprint density at radius 2 is 2.08 bits per heavy atom. The van der Waals surface area contributed by atoms with Crippen LogP contribution in [-0.4, -0.2) is 29.5 Å². The van der Waals surface area contributed by atoms with Crippen LogP contribution in [0.2, 0.25) is 0 Å². The molecule has 0 radical (unpaired) electrons. The van der Waals surface area contributed by atoms with Gasteiger partial charge in [0, 0.05) is 6.42 Å². The summed E-state index contributed by atoms with van der Waals surface area (Å²) < 4.78 is 10.9. The van der Waals surface area contributed by atoms with Crippen molar-refractivity contribution in [3.63, 3.8) is 0 Å². The van der Waals surface area contributed by atoms with Gasteiger partial charge in [0.05, 0.1) is 18.5 Å². The fourth-order valence-corrected chi connectivity index (χ4v) is 3.40. The minimum Gasteiger partial charge on any atom is -0.499 e. The number of allylic oxidation sites excluding steroid dienone is 3. The topological polar surface area (TPSA) is 38.7 Å². The Bertz CT molecular complexity index is 625. The second-order valence-electron chi connectivity index (χ2n) is 8.23. The van der Waals surface area contributed by atoms with E-state index in [2.05, 4.69) is 38.7 Å². The maximum absolute atomic E-state index is 10.7. The highest BCUT2D eigenvalue weighted by Crippen LogP contribution is 2.41. The van der Waals surface area contributed by atoms with Gasteiger partial charge in [-0.3, -0.25) is 0 Å². The molecule has 1 heterocycles. The first-order valence-corrected chi connectivity index (χ1v) is 9.19. The molecule has 0 aromatic rings. The van der Waals surface area contributed by atoms with E-state index in [1.54, 1.807) is 13.2 Å². The van der Waals surface area contributed by atoms with Crippen molar-refractivity contribution in [1.82, 2.24) is 0 Å². The molecule has 1 aliphatic carbocycles. The highest BCUT2D eigenvalue weighted by molar-refractivity contribution is 5.34. The van der Waals surface area contributed by atoms with Crippen LogP contribution in [0.25, 0.3) is 0 Å². The van der Waals surface area contributed by atoms with E-state index in [0.717, 1.165) is 6.42 Å². The van der Waals surface area contributed by atoms with Crippen LogP contribution in [0.15, 0.2) is 35.6 Å². The van der Waals surface area contributed by atoms with Crippen molar-refractivity contribution in [2.45, 2.75) is 71.5 Å². The third-order valence-corrected chi connectivity index (χ3v) is 5.02. The van der Waals surface area contributed by atoms with E-state index in [4.69, 9.17) is 9.47 Å². The average Bonchev–Trinajstić information content (AvgIpc) is 2.70. The Morgan fingerprint density at radius 1 is 1.32 bits per heavy atom. The summed E-state index contributed by atoms with van der Waals surface area (Å²) in [6.45, 7) is 11.5. The average molecular weight is 344 g/mol. The number of aliphatic hydroxyl groups is 1. The van der Waals surface area contributed by atoms with Gasteiger partial charge >= 0.3 is 0 Å². The van der Waals surface area contributed by atoms with E-state index in [1.807, 2.05) is 19.1 Å². The molecule has 138 valence electrons. The second kappa shape index (κ2) is 7.81. The maximum Gasteiger partial charge on any atom is 0.147 e. The Hall–Kier alpha value is -1.50. The van der Waals surface area contributed by atoms with E-state index in [1.165, 1.54) is 24.0 Å². The van der Waals surface area contributed by atoms with Crippen molar-refractivity contribution in [2.24, 2.45) is 5.41 Å². The van der Waals surface area contributed by atoms with Crippen molar-refractivity contribution in [2.75, 3.05) is 13.2 Å². The van der Waals surface area contributed by atoms with Crippen LogP contribution in [0, 0.1) is 17.3 Å². The molecule has 3 heteroatoms. The van der Waals surface area contributed by atoms with Crippen molar-refractivity contribution in [1.29, 1.82) is 0 Å². The van der Waals surface area contributed by atoms with Gasteiger partial charge < -0.3 is 14.6 Å². The Morgan fingerprint density at radius 3 is 2.80 bits per heavy atom. The largest absolute Gasteiger partial charge is 0.499 e. The van der Waals surface area contributed by atoms with Crippen molar-refractivity contribution < 1.29 is 14.6 Å². The van der Waals surface area contributed by atoms with Crippen molar-refractivity contribution >= 4 is 0 Å². The van der Waals surface area contributed by atoms with E-state index in [9.17, 15) is 5.11 Å². The fraction of sp³-hybridized carbons (Fsp3) is 0.636. The minimum absolute atomic E-state index is 0.174. The SMILES string of the molecule is CC1=C(/C=C/[C@@](C)(O)CC#C[C@]2(C)C=COCCO2)C(C)(C)CCC1. The summed E-state index contributed by atoms with van der Waals surface area (Å²) >= 11 is 0. The van der Waals surface area contributed by atoms with E-state index in [0.29, 0.717) is 19.6 Å². The molecule has 1 aliphatic heterocycles. The normalized spacial score (nSPS) is 28.7. The van der Waals surface area contributed by atoms with Crippen LogP contribution < -0.4 is 0 Å². The lowest BCUT2D eigenvalue weighted by Crippen LogP contribution is -2.25. The molecule has 0 fully saturated rings. The molecule has 0 amide bonds. The van der Waals surface area contributed by atoms with Crippen molar-refractivity contribution in [3.8, 4) is 11.8 Å². The Balaban J connectivity index is 2.06. The molecule has 0 saturated heterocycles. The van der Waals surface area contributed by atoms with Gasteiger partial charge in [0.1, 0.15) is 12.2 Å². The molecule has 2 aliphatic rings. The summed E-state index contributed by atoms with van der Waals surface area (Å²) in [5.41, 5.74) is 1.34. The highest BCUT2D eigenvalue weighted by Gasteiger charge is 2.27. The lowest BCUT2D eigenvalue weighted by Gasteiger charge is -2.33. The zero-order valence-corrected chi connectivity index (χ0v) is 16.3. The van der Waals surface area contributed by atoms with Crippen molar-refractivity contribution in [3.05, 3.63) is 35.6 Å². The third-order valence-electron chi connectivity index (χ3n) is 5.02. The van der Waals surface area contributed by atoms with Crippen LogP contribution >= 0.6 is 0 Å². The molecule has 0 spiro atoms. The lowest BCUT2D eigenvalue weighted by atomic mass is 9.72. The standard InChI is InChI=1S/C22H32O3/c1-18-8-6-10-20(2,3)19(18)9-13-21(4,23)11-7-12-22(5)14-15-24-16-17-25-22/h9,13-15,23H,6,8,10-11,16-17H2,1-5H3/b13-9+/t21-,22+/m0/s1.